The number of benzene rings is 1. The maximum absolute atomic E-state index is 12.0. The van der Waals surface area contributed by atoms with Gasteiger partial charge in [-0.25, -0.2) is 9.59 Å². The fourth-order valence-corrected chi connectivity index (χ4v) is 2.03. The summed E-state index contributed by atoms with van der Waals surface area (Å²) in [6, 6.07) is 8.81. The van der Waals surface area contributed by atoms with Gasteiger partial charge in [-0.05, 0) is 32.4 Å². The Labute approximate surface area is 132 Å². The molecule has 0 fully saturated rings. The number of rotatable bonds is 8. The number of nitrogens with zero attached hydrogens (tertiary/aromatic N) is 1. The van der Waals surface area contributed by atoms with Crippen LogP contribution in [0.3, 0.4) is 0 Å². The van der Waals surface area contributed by atoms with Gasteiger partial charge in [-0.15, -0.1) is 0 Å². The van der Waals surface area contributed by atoms with E-state index < -0.39 is 12.1 Å². The minimum atomic E-state index is -0.419. The van der Waals surface area contributed by atoms with E-state index in [1.807, 2.05) is 26.8 Å². The van der Waals surface area contributed by atoms with Gasteiger partial charge >= 0.3 is 12.1 Å². The summed E-state index contributed by atoms with van der Waals surface area (Å²) in [5.41, 5.74) is 0.499. The maximum Gasteiger partial charge on any atom is 0.409 e. The van der Waals surface area contributed by atoms with Crippen LogP contribution in [0.4, 0.5) is 4.79 Å². The molecule has 1 aromatic rings. The largest absolute Gasteiger partial charge is 0.455 e. The van der Waals surface area contributed by atoms with Gasteiger partial charge in [0, 0.05) is 13.1 Å². The zero-order valence-corrected chi connectivity index (χ0v) is 13.6. The van der Waals surface area contributed by atoms with Crippen LogP contribution in [0, 0.1) is 0 Å². The quantitative estimate of drug-likeness (QED) is 0.690. The van der Waals surface area contributed by atoms with Gasteiger partial charge in [0.25, 0.3) is 0 Å². The number of hydrogen-bond donors (Lipinski definition) is 0. The average molecular weight is 307 g/mol. The number of hydrogen-bond acceptors (Lipinski definition) is 4. The molecular weight excluding hydrogens is 282 g/mol. The van der Waals surface area contributed by atoms with E-state index in [9.17, 15) is 9.59 Å². The second kappa shape index (κ2) is 9.82. The lowest BCUT2D eigenvalue weighted by atomic mass is 10.2. The number of esters is 1. The zero-order chi connectivity index (χ0) is 16.4. The van der Waals surface area contributed by atoms with Crippen LogP contribution in [0.15, 0.2) is 30.3 Å². The van der Waals surface area contributed by atoms with Crippen molar-refractivity contribution in [2.75, 3.05) is 19.7 Å². The summed E-state index contributed by atoms with van der Waals surface area (Å²) in [5.74, 6) is -0.391. The van der Waals surface area contributed by atoms with E-state index in [4.69, 9.17) is 9.47 Å². The minimum absolute atomic E-state index is 0.0851. The Morgan fingerprint density at radius 3 is 2.27 bits per heavy atom. The molecule has 0 aliphatic rings. The van der Waals surface area contributed by atoms with Gasteiger partial charge in [0.15, 0.2) is 0 Å². The second-order valence-corrected chi connectivity index (χ2v) is 4.93. The molecule has 0 radical (unpaired) electrons. The van der Waals surface area contributed by atoms with Crippen LogP contribution < -0.4 is 0 Å². The summed E-state index contributed by atoms with van der Waals surface area (Å²) in [7, 11) is 0. The third-order valence-corrected chi connectivity index (χ3v) is 3.31. The number of amides is 1. The van der Waals surface area contributed by atoms with Crippen LogP contribution >= 0.6 is 0 Å². The normalized spacial score (nSPS) is 11.6. The lowest BCUT2D eigenvalue weighted by Gasteiger charge is -2.21. The Morgan fingerprint density at radius 2 is 1.73 bits per heavy atom. The highest BCUT2D eigenvalue weighted by Crippen LogP contribution is 2.09. The van der Waals surface area contributed by atoms with Crippen LogP contribution in [0.5, 0.6) is 0 Å². The molecule has 0 N–H and O–H groups in total. The predicted octanol–water partition coefficient (Wildman–Crippen LogP) is 3.49. The molecule has 1 atom stereocenters. The molecule has 0 saturated heterocycles. The molecule has 1 amide bonds. The Bertz CT molecular complexity index is 457. The standard InChI is InChI=1S/C17H25NO4/c1-4-10-15(13-21-17(20)18(5-2)6-3)22-16(19)14-11-8-7-9-12-14/h7-9,11-12,15H,4-6,10,13H2,1-3H3. The Hall–Kier alpha value is -2.04. The van der Waals surface area contributed by atoms with Crippen molar-refractivity contribution in [2.45, 2.75) is 39.7 Å². The summed E-state index contributed by atoms with van der Waals surface area (Å²) in [6.07, 6.45) is 0.707. The number of ether oxygens (including phenoxy) is 2. The highest BCUT2D eigenvalue weighted by Gasteiger charge is 2.19. The van der Waals surface area contributed by atoms with Gasteiger partial charge < -0.3 is 14.4 Å². The first-order valence-electron chi connectivity index (χ1n) is 7.80. The van der Waals surface area contributed by atoms with Gasteiger partial charge in [0.2, 0.25) is 0 Å². The van der Waals surface area contributed by atoms with E-state index in [2.05, 4.69) is 0 Å². The summed E-state index contributed by atoms with van der Waals surface area (Å²) in [4.78, 5) is 25.5. The topological polar surface area (TPSA) is 55.8 Å². The Kier molecular flexibility index (Phi) is 8.04. The third-order valence-electron chi connectivity index (χ3n) is 3.31. The first-order chi connectivity index (χ1) is 10.6. The molecular formula is C17H25NO4. The molecule has 0 aromatic heterocycles. The molecule has 22 heavy (non-hydrogen) atoms. The Balaban J connectivity index is 2.55. The molecule has 0 heterocycles. The van der Waals surface area contributed by atoms with Crippen molar-refractivity contribution in [3.05, 3.63) is 35.9 Å². The van der Waals surface area contributed by atoms with Crippen LogP contribution in [-0.2, 0) is 9.47 Å². The fraction of sp³-hybridized carbons (Fsp3) is 0.529. The van der Waals surface area contributed by atoms with Gasteiger partial charge in [-0.2, -0.15) is 0 Å². The number of carbonyl (C=O) groups excluding carboxylic acids is 2. The SMILES string of the molecule is CCCC(COC(=O)N(CC)CC)OC(=O)c1ccccc1. The summed E-state index contributed by atoms with van der Waals surface area (Å²) >= 11 is 0. The average Bonchev–Trinajstić information content (AvgIpc) is 2.54. The number of carbonyl (C=O) groups is 2. The molecule has 122 valence electrons. The van der Waals surface area contributed by atoms with E-state index in [0.717, 1.165) is 6.42 Å². The molecule has 5 nitrogen and oxygen atoms in total. The minimum Gasteiger partial charge on any atom is -0.455 e. The van der Waals surface area contributed by atoms with E-state index in [1.165, 1.54) is 0 Å². The van der Waals surface area contributed by atoms with Crippen LogP contribution in [0.1, 0.15) is 44.0 Å². The fourth-order valence-electron chi connectivity index (χ4n) is 2.03. The van der Waals surface area contributed by atoms with Gasteiger partial charge in [-0.1, -0.05) is 31.5 Å². The van der Waals surface area contributed by atoms with Crippen molar-refractivity contribution < 1.29 is 19.1 Å². The molecule has 0 spiro atoms. The molecule has 0 saturated carbocycles. The lowest BCUT2D eigenvalue weighted by Crippen LogP contribution is -2.34. The molecule has 1 unspecified atom stereocenters. The van der Waals surface area contributed by atoms with Crippen molar-refractivity contribution in [3.8, 4) is 0 Å². The van der Waals surface area contributed by atoms with Crippen molar-refractivity contribution in [1.29, 1.82) is 0 Å². The van der Waals surface area contributed by atoms with E-state index in [1.54, 1.807) is 29.2 Å². The van der Waals surface area contributed by atoms with Gasteiger partial charge in [0.1, 0.15) is 12.7 Å². The smallest absolute Gasteiger partial charge is 0.409 e. The van der Waals surface area contributed by atoms with E-state index in [0.29, 0.717) is 25.1 Å². The van der Waals surface area contributed by atoms with E-state index in [-0.39, 0.29) is 12.7 Å². The summed E-state index contributed by atoms with van der Waals surface area (Å²) in [6.45, 7) is 7.06. The van der Waals surface area contributed by atoms with Crippen LogP contribution in [0.25, 0.3) is 0 Å². The van der Waals surface area contributed by atoms with Crippen molar-refractivity contribution >= 4 is 12.1 Å². The van der Waals surface area contributed by atoms with E-state index >= 15 is 0 Å². The summed E-state index contributed by atoms with van der Waals surface area (Å²) < 4.78 is 10.7. The van der Waals surface area contributed by atoms with Crippen molar-refractivity contribution in [2.24, 2.45) is 0 Å². The molecule has 0 bridgehead atoms. The molecule has 0 aliphatic heterocycles. The Morgan fingerprint density at radius 1 is 1.09 bits per heavy atom. The van der Waals surface area contributed by atoms with Crippen LogP contribution in [0.2, 0.25) is 0 Å². The monoisotopic (exact) mass is 307 g/mol. The van der Waals surface area contributed by atoms with Gasteiger partial charge in [-0.3, -0.25) is 0 Å². The van der Waals surface area contributed by atoms with Crippen LogP contribution in [-0.4, -0.2) is 42.8 Å². The first-order valence-corrected chi connectivity index (χ1v) is 7.80. The summed E-state index contributed by atoms with van der Waals surface area (Å²) in [5, 5.41) is 0. The maximum atomic E-state index is 12.0. The molecule has 5 heteroatoms. The van der Waals surface area contributed by atoms with Crippen molar-refractivity contribution in [1.82, 2.24) is 4.90 Å². The second-order valence-electron chi connectivity index (χ2n) is 4.93. The molecule has 1 aromatic carbocycles. The van der Waals surface area contributed by atoms with Crippen molar-refractivity contribution in [3.63, 3.8) is 0 Å². The highest BCUT2D eigenvalue weighted by atomic mass is 16.6. The highest BCUT2D eigenvalue weighted by molar-refractivity contribution is 5.89. The van der Waals surface area contributed by atoms with Gasteiger partial charge in [0.05, 0.1) is 5.56 Å². The zero-order valence-electron chi connectivity index (χ0n) is 13.6. The molecule has 0 aliphatic carbocycles. The molecule has 1 rings (SSSR count). The first kappa shape index (κ1) is 18.0. The lowest BCUT2D eigenvalue weighted by molar-refractivity contribution is 0.00191. The predicted molar refractivity (Wildman–Crippen MR) is 84.8 cm³/mol. The third kappa shape index (κ3) is 5.76.